The number of carboxylic acids is 1. The van der Waals surface area contributed by atoms with Gasteiger partial charge < -0.3 is 15.6 Å². The number of carbonyl (C=O) groups is 2. The van der Waals surface area contributed by atoms with Gasteiger partial charge in [-0.3, -0.25) is 4.79 Å². The molecule has 3 unspecified atom stereocenters. The lowest BCUT2D eigenvalue weighted by atomic mass is 9.43. The topological polar surface area (TPSA) is 89.6 Å². The quantitative estimate of drug-likeness (QED) is 0.308. The lowest BCUT2D eigenvalue weighted by Gasteiger charge is -2.61. The molecule has 0 radical (unpaired) electrons. The summed E-state index contributed by atoms with van der Waals surface area (Å²) in [7, 11) is 0. The fourth-order valence-electron chi connectivity index (χ4n) is 8.64. The Hall–Kier alpha value is -1.88. The Bertz CT molecular complexity index is 928. The van der Waals surface area contributed by atoms with Crippen molar-refractivity contribution < 1.29 is 19.4 Å². The maximum absolute atomic E-state index is 12.4. The number of esters is 1. The average Bonchev–Trinajstić information content (AvgIpc) is 3.01. The van der Waals surface area contributed by atoms with Crippen LogP contribution in [0, 0.1) is 34.5 Å². The highest BCUT2D eigenvalue weighted by atomic mass is 16.5. The molecule has 0 amide bonds. The molecule has 0 saturated heterocycles. The Morgan fingerprint density at radius 1 is 0.971 bits per heavy atom. The number of allylic oxidation sites excluding steroid dienone is 3. The van der Waals surface area contributed by atoms with Crippen molar-refractivity contribution in [2.24, 2.45) is 40.2 Å². The predicted octanol–water partition coefficient (Wildman–Crippen LogP) is 5.80. The van der Waals surface area contributed by atoms with Crippen molar-refractivity contribution in [1.82, 2.24) is 0 Å². The molecule has 4 rings (SSSR count). The third-order valence-corrected chi connectivity index (χ3v) is 9.98. The van der Waals surface area contributed by atoms with Gasteiger partial charge in [0.15, 0.2) is 0 Å². The Balaban J connectivity index is 1.76. The van der Waals surface area contributed by atoms with Crippen LogP contribution in [0.5, 0.6) is 0 Å². The Morgan fingerprint density at radius 2 is 1.62 bits per heavy atom. The highest BCUT2D eigenvalue weighted by molar-refractivity contribution is 5.91. The zero-order valence-electron chi connectivity index (χ0n) is 21.6. The van der Waals surface area contributed by atoms with Crippen molar-refractivity contribution in [3.63, 3.8) is 0 Å². The van der Waals surface area contributed by atoms with E-state index in [9.17, 15) is 14.7 Å². The third-order valence-electron chi connectivity index (χ3n) is 9.98. The number of ether oxygens (including phenoxy) is 1. The van der Waals surface area contributed by atoms with Gasteiger partial charge in [0.2, 0.25) is 0 Å². The van der Waals surface area contributed by atoms with E-state index in [0.29, 0.717) is 23.8 Å². The maximum Gasteiger partial charge on any atom is 0.335 e. The van der Waals surface area contributed by atoms with Crippen LogP contribution in [0.2, 0.25) is 0 Å². The van der Waals surface area contributed by atoms with Crippen LogP contribution in [-0.4, -0.2) is 29.2 Å². The molecule has 0 aromatic rings. The summed E-state index contributed by atoms with van der Waals surface area (Å²) in [5.41, 5.74) is 8.91. The molecular formula is C29H43NO4. The molecule has 0 bridgehead atoms. The van der Waals surface area contributed by atoms with E-state index in [1.54, 1.807) is 6.08 Å². The zero-order chi connectivity index (χ0) is 24.8. The van der Waals surface area contributed by atoms with Gasteiger partial charge in [0.25, 0.3) is 0 Å². The van der Waals surface area contributed by atoms with E-state index >= 15 is 0 Å². The Labute approximate surface area is 204 Å². The van der Waals surface area contributed by atoms with E-state index in [1.807, 2.05) is 26.0 Å². The summed E-state index contributed by atoms with van der Waals surface area (Å²) in [5.74, 6) is 0.698. The van der Waals surface area contributed by atoms with E-state index in [-0.39, 0.29) is 28.8 Å². The van der Waals surface area contributed by atoms with Gasteiger partial charge >= 0.3 is 11.9 Å². The first-order valence-electron chi connectivity index (χ1n) is 13.2. The molecule has 8 atom stereocenters. The molecule has 34 heavy (non-hydrogen) atoms. The molecular weight excluding hydrogens is 426 g/mol. The maximum atomic E-state index is 12.4. The summed E-state index contributed by atoms with van der Waals surface area (Å²) >= 11 is 0. The molecule has 0 aliphatic heterocycles. The minimum Gasteiger partial charge on any atom is -0.478 e. The molecule has 0 aromatic heterocycles. The van der Waals surface area contributed by atoms with Crippen LogP contribution in [0.4, 0.5) is 0 Å². The lowest BCUT2D eigenvalue weighted by molar-refractivity contribution is -0.146. The molecule has 4 aliphatic rings. The first-order valence-corrected chi connectivity index (χ1v) is 13.2. The molecule has 3 N–H and O–H groups in total. The number of hydrogen-bond acceptors (Lipinski definition) is 4. The van der Waals surface area contributed by atoms with Gasteiger partial charge in [0.05, 0.1) is 5.57 Å². The van der Waals surface area contributed by atoms with Crippen LogP contribution >= 0.6 is 0 Å². The zero-order valence-corrected chi connectivity index (χ0v) is 21.6. The average molecular weight is 470 g/mol. The third kappa shape index (κ3) is 4.29. The Morgan fingerprint density at radius 3 is 2.26 bits per heavy atom. The van der Waals surface area contributed by atoms with Crippen molar-refractivity contribution in [2.45, 2.75) is 98.1 Å². The van der Waals surface area contributed by atoms with Gasteiger partial charge in [-0.2, -0.15) is 0 Å². The number of fused-ring (bicyclic) bond motifs is 5. The highest BCUT2D eigenvalue weighted by Gasteiger charge is 2.62. The number of aliphatic carboxylic acids is 1. The second-order valence-electron chi connectivity index (χ2n) is 12.2. The lowest BCUT2D eigenvalue weighted by Crippen LogP contribution is -2.55. The van der Waals surface area contributed by atoms with E-state index in [0.717, 1.165) is 42.7 Å². The van der Waals surface area contributed by atoms with Crippen molar-refractivity contribution in [3.05, 3.63) is 34.9 Å². The van der Waals surface area contributed by atoms with Gasteiger partial charge in [-0.05, 0) is 111 Å². The van der Waals surface area contributed by atoms with E-state index in [4.69, 9.17) is 10.5 Å². The largest absolute Gasteiger partial charge is 0.478 e. The van der Waals surface area contributed by atoms with Crippen molar-refractivity contribution in [2.75, 3.05) is 0 Å². The minimum absolute atomic E-state index is 0.0705. The summed E-state index contributed by atoms with van der Waals surface area (Å²) < 4.78 is 5.84. The van der Waals surface area contributed by atoms with E-state index in [2.05, 4.69) is 13.8 Å². The standard InChI is InChI=1S/C29H43NO4/c1-17(2)7-6-8-21(27(32)33)26-24-14-13-22-23(29(24,5)16-25(26)34-18(3)31)12-10-19-9-11-20(30)15-28(19,22)4/h6-8,19-20,22-25H,9-16,30H2,1-5H3,(H,32,33)/b8-6-,26-21-/t19?,20-,22-,23?,24?,25+,28+,29-/m1/s1. The van der Waals surface area contributed by atoms with Crippen molar-refractivity contribution in [3.8, 4) is 0 Å². The second-order valence-corrected chi connectivity index (χ2v) is 12.2. The summed E-state index contributed by atoms with van der Waals surface area (Å²) in [6.07, 6.45) is 13.6. The molecule has 4 fully saturated rings. The predicted molar refractivity (Wildman–Crippen MR) is 134 cm³/mol. The van der Waals surface area contributed by atoms with E-state index in [1.165, 1.54) is 26.2 Å². The highest BCUT2D eigenvalue weighted by Crippen LogP contribution is 2.68. The minimum atomic E-state index is -0.939. The summed E-state index contributed by atoms with van der Waals surface area (Å²) in [4.78, 5) is 24.5. The molecule has 188 valence electrons. The van der Waals surface area contributed by atoms with Crippen molar-refractivity contribution >= 4 is 11.9 Å². The van der Waals surface area contributed by atoms with Gasteiger partial charge in [-0.15, -0.1) is 0 Å². The van der Waals surface area contributed by atoms with Crippen LogP contribution in [-0.2, 0) is 14.3 Å². The summed E-state index contributed by atoms with van der Waals surface area (Å²) in [6, 6.07) is 0.289. The fraction of sp³-hybridized carbons (Fsp3) is 0.724. The molecule has 0 heterocycles. The SMILES string of the molecule is CC(=O)O[C@H]1C[C@@]2(C)C(CC[C@@H]3C2CCC2CC[C@@H](N)C[C@@]23C)/C1=C(\C=C/C=C(C)C)C(=O)O. The fourth-order valence-corrected chi connectivity index (χ4v) is 8.64. The number of carbonyl (C=O) groups excluding carboxylic acids is 1. The van der Waals surface area contributed by atoms with Crippen LogP contribution in [0.15, 0.2) is 34.9 Å². The first-order chi connectivity index (χ1) is 16.0. The number of rotatable bonds is 4. The second kappa shape index (κ2) is 9.29. The monoisotopic (exact) mass is 469 g/mol. The van der Waals surface area contributed by atoms with Crippen LogP contribution in [0.1, 0.15) is 86.0 Å². The molecule has 0 spiro atoms. The smallest absolute Gasteiger partial charge is 0.335 e. The van der Waals surface area contributed by atoms with Gasteiger partial charge in [0.1, 0.15) is 6.10 Å². The van der Waals surface area contributed by atoms with Crippen LogP contribution in [0.3, 0.4) is 0 Å². The molecule has 4 aliphatic carbocycles. The van der Waals surface area contributed by atoms with Crippen molar-refractivity contribution in [1.29, 1.82) is 0 Å². The van der Waals surface area contributed by atoms with E-state index < -0.39 is 12.1 Å². The van der Waals surface area contributed by atoms with Gasteiger partial charge in [-0.25, -0.2) is 4.79 Å². The first kappa shape index (κ1) is 25.2. The summed E-state index contributed by atoms with van der Waals surface area (Å²) in [6.45, 7) is 10.2. The number of nitrogens with two attached hydrogens (primary N) is 1. The summed E-state index contributed by atoms with van der Waals surface area (Å²) in [5, 5.41) is 10.2. The normalized spacial score (nSPS) is 42.9. The number of carboxylic acid groups (broad SMARTS) is 1. The molecule has 4 saturated carbocycles. The molecule has 5 heteroatoms. The Kier molecular flexibility index (Phi) is 6.89. The van der Waals surface area contributed by atoms with Crippen LogP contribution < -0.4 is 5.73 Å². The van der Waals surface area contributed by atoms with Gasteiger partial charge in [-0.1, -0.05) is 31.6 Å². The molecule has 0 aromatic carbocycles. The number of hydrogen-bond donors (Lipinski definition) is 2. The van der Waals surface area contributed by atoms with Gasteiger partial charge in [0, 0.05) is 13.0 Å². The van der Waals surface area contributed by atoms with Crippen LogP contribution in [0.25, 0.3) is 0 Å². The molecule has 5 nitrogen and oxygen atoms in total.